The number of rotatable bonds is 5. The number of pyridine rings is 1. The van der Waals surface area contributed by atoms with Crippen LogP contribution >= 0.6 is 23.4 Å². The number of amides is 1. The lowest BCUT2D eigenvalue weighted by atomic mass is 10.2. The number of anilines is 1. The van der Waals surface area contributed by atoms with Crippen molar-refractivity contribution < 1.29 is 9.18 Å². The van der Waals surface area contributed by atoms with Crippen LogP contribution in [0.25, 0.3) is 11.4 Å². The number of hydrogen-bond acceptors (Lipinski definition) is 5. The Balaban J connectivity index is 1.62. The highest BCUT2D eigenvalue weighted by molar-refractivity contribution is 7.99. The van der Waals surface area contributed by atoms with Crippen LogP contribution in [0.15, 0.2) is 47.8 Å². The summed E-state index contributed by atoms with van der Waals surface area (Å²) in [5.74, 6) is 0.654. The molecule has 1 amide bonds. The number of carbonyl (C=O) groups excluding carboxylic acids is 1. The van der Waals surface area contributed by atoms with Gasteiger partial charge in [0.05, 0.1) is 10.8 Å². The minimum Gasteiger partial charge on any atom is -0.310 e. The number of aromatic nitrogens is 4. The summed E-state index contributed by atoms with van der Waals surface area (Å²) in [6.07, 6.45) is 1.46. The average molecular weight is 378 g/mol. The second-order valence-electron chi connectivity index (χ2n) is 5.07. The Morgan fingerprint density at radius 1 is 1.24 bits per heavy atom. The number of halogens is 2. The van der Waals surface area contributed by atoms with Crippen molar-refractivity contribution in [3.63, 3.8) is 0 Å². The maximum Gasteiger partial charge on any atom is 0.236 e. The number of thioether (sulfide) groups is 1. The first-order valence-electron chi connectivity index (χ1n) is 7.22. The van der Waals surface area contributed by atoms with Gasteiger partial charge in [-0.15, -0.1) is 10.2 Å². The summed E-state index contributed by atoms with van der Waals surface area (Å²) in [4.78, 5) is 16.0. The molecule has 0 aliphatic heterocycles. The molecule has 1 aromatic carbocycles. The fraction of sp³-hybridized carbons (Fsp3) is 0.125. The van der Waals surface area contributed by atoms with Crippen molar-refractivity contribution in [1.29, 1.82) is 0 Å². The number of carbonyl (C=O) groups is 1. The van der Waals surface area contributed by atoms with Crippen molar-refractivity contribution in [2.45, 2.75) is 5.16 Å². The summed E-state index contributed by atoms with van der Waals surface area (Å²) in [6.45, 7) is 0. The van der Waals surface area contributed by atoms with Gasteiger partial charge in [0, 0.05) is 18.8 Å². The maximum absolute atomic E-state index is 13.0. The molecule has 0 radical (unpaired) electrons. The molecule has 0 aliphatic carbocycles. The van der Waals surface area contributed by atoms with E-state index in [2.05, 4.69) is 20.5 Å². The molecular weight excluding hydrogens is 365 g/mol. The molecule has 0 saturated heterocycles. The third-order valence-electron chi connectivity index (χ3n) is 3.26. The Bertz CT molecular complexity index is 883. The number of benzene rings is 1. The van der Waals surface area contributed by atoms with Crippen LogP contribution in [-0.4, -0.2) is 31.4 Å². The van der Waals surface area contributed by atoms with Gasteiger partial charge in [-0.3, -0.25) is 4.79 Å². The van der Waals surface area contributed by atoms with Gasteiger partial charge in [-0.1, -0.05) is 23.4 Å². The highest BCUT2D eigenvalue weighted by Gasteiger charge is 2.13. The molecule has 25 heavy (non-hydrogen) atoms. The molecule has 2 heterocycles. The molecule has 9 heteroatoms. The molecule has 6 nitrogen and oxygen atoms in total. The van der Waals surface area contributed by atoms with Crippen molar-refractivity contribution in [3.05, 3.63) is 53.4 Å². The lowest BCUT2D eigenvalue weighted by Crippen LogP contribution is -2.15. The fourth-order valence-corrected chi connectivity index (χ4v) is 2.87. The van der Waals surface area contributed by atoms with E-state index in [4.69, 9.17) is 11.6 Å². The molecule has 3 rings (SSSR count). The van der Waals surface area contributed by atoms with E-state index < -0.39 is 0 Å². The first-order valence-corrected chi connectivity index (χ1v) is 8.59. The summed E-state index contributed by atoms with van der Waals surface area (Å²) in [5.41, 5.74) is 0.748. The van der Waals surface area contributed by atoms with E-state index in [1.54, 1.807) is 35.9 Å². The largest absolute Gasteiger partial charge is 0.310 e. The lowest BCUT2D eigenvalue weighted by Gasteiger charge is -2.05. The van der Waals surface area contributed by atoms with E-state index in [1.807, 2.05) is 0 Å². The quantitative estimate of drug-likeness (QED) is 0.690. The molecule has 3 aromatic rings. The summed E-state index contributed by atoms with van der Waals surface area (Å²) in [7, 11) is 1.79. The van der Waals surface area contributed by atoms with Crippen LogP contribution in [0.5, 0.6) is 0 Å². The van der Waals surface area contributed by atoms with E-state index >= 15 is 0 Å². The van der Waals surface area contributed by atoms with Crippen molar-refractivity contribution >= 4 is 35.1 Å². The molecule has 128 valence electrons. The molecule has 0 atom stereocenters. The Morgan fingerprint density at radius 3 is 2.68 bits per heavy atom. The summed E-state index contributed by atoms with van der Waals surface area (Å²) < 4.78 is 14.8. The molecule has 0 bridgehead atoms. The monoisotopic (exact) mass is 377 g/mol. The second kappa shape index (κ2) is 7.62. The van der Waals surface area contributed by atoms with Gasteiger partial charge in [-0.2, -0.15) is 0 Å². The van der Waals surface area contributed by atoms with E-state index in [0.717, 1.165) is 5.56 Å². The number of nitrogens with zero attached hydrogens (tertiary/aromatic N) is 4. The predicted octanol–water partition coefficient (Wildman–Crippen LogP) is 3.40. The van der Waals surface area contributed by atoms with Gasteiger partial charge in [-0.05, 0) is 36.4 Å². The van der Waals surface area contributed by atoms with Gasteiger partial charge >= 0.3 is 0 Å². The van der Waals surface area contributed by atoms with Gasteiger partial charge in [0.15, 0.2) is 11.0 Å². The number of nitrogens with one attached hydrogen (secondary N) is 1. The highest BCUT2D eigenvalue weighted by Crippen LogP contribution is 2.23. The zero-order chi connectivity index (χ0) is 17.8. The van der Waals surface area contributed by atoms with Crippen LogP contribution in [0, 0.1) is 5.82 Å². The minimum absolute atomic E-state index is 0.152. The van der Waals surface area contributed by atoms with E-state index in [-0.39, 0.29) is 17.5 Å². The highest BCUT2D eigenvalue weighted by atomic mass is 35.5. The second-order valence-corrected chi connectivity index (χ2v) is 6.45. The molecule has 0 aliphatic rings. The van der Waals surface area contributed by atoms with Crippen LogP contribution in [-0.2, 0) is 11.8 Å². The van der Waals surface area contributed by atoms with Crippen molar-refractivity contribution in [2.75, 3.05) is 11.1 Å². The Hall–Kier alpha value is -2.45. The van der Waals surface area contributed by atoms with Crippen molar-refractivity contribution in [1.82, 2.24) is 19.7 Å². The van der Waals surface area contributed by atoms with E-state index in [0.29, 0.717) is 21.8 Å². The SMILES string of the molecule is Cn1c(SCC(=O)Nc2ccc(Cl)cn2)nnc1-c1ccc(F)cc1. The first kappa shape index (κ1) is 17.4. The van der Waals surface area contributed by atoms with Crippen LogP contribution in [0.1, 0.15) is 0 Å². The van der Waals surface area contributed by atoms with Gasteiger partial charge in [-0.25, -0.2) is 9.37 Å². The first-order chi connectivity index (χ1) is 12.0. The Labute approximate surface area is 152 Å². The van der Waals surface area contributed by atoms with Gasteiger partial charge < -0.3 is 9.88 Å². The zero-order valence-corrected chi connectivity index (χ0v) is 14.7. The molecule has 0 spiro atoms. The van der Waals surface area contributed by atoms with E-state index in [9.17, 15) is 9.18 Å². The van der Waals surface area contributed by atoms with Crippen molar-refractivity contribution in [2.24, 2.45) is 7.05 Å². The van der Waals surface area contributed by atoms with E-state index in [1.165, 1.54) is 30.1 Å². The number of hydrogen-bond donors (Lipinski definition) is 1. The maximum atomic E-state index is 13.0. The van der Waals surface area contributed by atoms with Gasteiger partial charge in [0.1, 0.15) is 11.6 Å². The molecular formula is C16H13ClFN5OS. The zero-order valence-electron chi connectivity index (χ0n) is 13.1. The predicted molar refractivity (Wildman–Crippen MR) is 95.0 cm³/mol. The molecule has 0 unspecified atom stereocenters. The van der Waals surface area contributed by atoms with Crippen LogP contribution in [0.4, 0.5) is 10.2 Å². The average Bonchev–Trinajstić information content (AvgIpc) is 2.97. The molecule has 0 fully saturated rings. The summed E-state index contributed by atoms with van der Waals surface area (Å²) in [6, 6.07) is 9.26. The summed E-state index contributed by atoms with van der Waals surface area (Å²) in [5, 5.41) is 11.9. The fourth-order valence-electron chi connectivity index (χ4n) is 2.05. The van der Waals surface area contributed by atoms with Gasteiger partial charge in [0.25, 0.3) is 0 Å². The molecule has 2 aromatic heterocycles. The third-order valence-corrected chi connectivity index (χ3v) is 4.51. The third kappa shape index (κ3) is 4.34. The van der Waals surface area contributed by atoms with Crippen LogP contribution < -0.4 is 5.32 Å². The van der Waals surface area contributed by atoms with Crippen molar-refractivity contribution in [3.8, 4) is 11.4 Å². The van der Waals surface area contributed by atoms with Crippen LogP contribution in [0.3, 0.4) is 0 Å². The normalized spacial score (nSPS) is 10.7. The summed E-state index contributed by atoms with van der Waals surface area (Å²) >= 11 is 7.00. The molecule has 0 saturated carbocycles. The van der Waals surface area contributed by atoms with Gasteiger partial charge in [0.2, 0.25) is 5.91 Å². The van der Waals surface area contributed by atoms with Crippen LogP contribution in [0.2, 0.25) is 5.02 Å². The lowest BCUT2D eigenvalue weighted by molar-refractivity contribution is -0.113. The Kier molecular flexibility index (Phi) is 5.30. The Morgan fingerprint density at radius 2 is 2.00 bits per heavy atom. The smallest absolute Gasteiger partial charge is 0.236 e. The standard InChI is InChI=1S/C16H13ClFN5OS/c1-23-15(10-2-5-12(18)6-3-10)21-22-16(23)25-9-14(24)20-13-7-4-11(17)8-19-13/h2-8H,9H2,1H3,(H,19,20,24). The topological polar surface area (TPSA) is 72.7 Å². The minimum atomic E-state index is -0.312. The molecule has 1 N–H and O–H groups in total.